The molecule has 0 saturated carbocycles. The Balaban J connectivity index is 1.46. The van der Waals surface area contributed by atoms with Gasteiger partial charge in [-0.2, -0.15) is 0 Å². The summed E-state index contributed by atoms with van der Waals surface area (Å²) in [5, 5.41) is 4.43. The molecular weight excluding hydrogens is 326 g/mol. The van der Waals surface area contributed by atoms with Gasteiger partial charge in [0.2, 0.25) is 0 Å². The zero-order valence-electron chi connectivity index (χ0n) is 14.7. The number of ether oxygens (including phenoxy) is 2. The molecule has 1 atom stereocenters. The molecule has 5 heteroatoms. The standard InChI is InChI=1S/C21H23N3O2/c1-2-7-16(8-3-1)20-23-19-11-5-4-10-18(19)21(24-20)22-12-14-25-15-17-9-6-13-26-17/h1-5,7-8,10-11,17H,6,9,12-15H2,(H,22,23,24). The number of nitrogens with zero attached hydrogens (tertiary/aromatic N) is 2. The molecule has 1 aliphatic rings. The van der Waals surface area contributed by atoms with Crippen LogP contribution in [0.2, 0.25) is 0 Å². The van der Waals surface area contributed by atoms with Crippen LogP contribution in [0.3, 0.4) is 0 Å². The molecule has 0 bridgehead atoms. The summed E-state index contributed by atoms with van der Waals surface area (Å²) in [7, 11) is 0. The van der Waals surface area contributed by atoms with Gasteiger partial charge in [0.1, 0.15) is 5.82 Å². The van der Waals surface area contributed by atoms with Crippen LogP contribution >= 0.6 is 0 Å². The van der Waals surface area contributed by atoms with E-state index in [0.717, 1.165) is 47.6 Å². The van der Waals surface area contributed by atoms with Gasteiger partial charge >= 0.3 is 0 Å². The molecule has 26 heavy (non-hydrogen) atoms. The Labute approximate surface area is 153 Å². The van der Waals surface area contributed by atoms with Crippen molar-refractivity contribution < 1.29 is 9.47 Å². The monoisotopic (exact) mass is 349 g/mol. The lowest BCUT2D eigenvalue weighted by molar-refractivity contribution is 0.0206. The van der Waals surface area contributed by atoms with Crippen molar-refractivity contribution in [2.75, 3.05) is 31.7 Å². The molecule has 1 N–H and O–H groups in total. The summed E-state index contributed by atoms with van der Waals surface area (Å²) >= 11 is 0. The summed E-state index contributed by atoms with van der Waals surface area (Å²) in [6.45, 7) is 2.85. The van der Waals surface area contributed by atoms with Crippen molar-refractivity contribution in [3.63, 3.8) is 0 Å². The second kappa shape index (κ2) is 8.25. The minimum atomic E-state index is 0.263. The highest BCUT2D eigenvalue weighted by molar-refractivity contribution is 5.90. The minimum Gasteiger partial charge on any atom is -0.377 e. The Bertz CT molecular complexity index is 848. The lowest BCUT2D eigenvalue weighted by atomic mass is 10.2. The highest BCUT2D eigenvalue weighted by atomic mass is 16.5. The molecule has 1 unspecified atom stereocenters. The van der Waals surface area contributed by atoms with E-state index in [1.54, 1.807) is 0 Å². The SMILES string of the molecule is c1ccc(-c2nc(NCCOCC3CCCO3)c3ccccc3n2)cc1. The highest BCUT2D eigenvalue weighted by Gasteiger charge is 2.15. The summed E-state index contributed by atoms with van der Waals surface area (Å²) in [4.78, 5) is 9.45. The number of hydrogen-bond acceptors (Lipinski definition) is 5. The first-order valence-electron chi connectivity index (χ1n) is 9.15. The van der Waals surface area contributed by atoms with Gasteiger partial charge in [-0.25, -0.2) is 9.97 Å². The third-order valence-corrected chi connectivity index (χ3v) is 4.50. The molecule has 1 aromatic heterocycles. The van der Waals surface area contributed by atoms with E-state index in [1.165, 1.54) is 0 Å². The number of benzene rings is 2. The predicted molar refractivity (Wildman–Crippen MR) is 103 cm³/mol. The van der Waals surface area contributed by atoms with Crippen molar-refractivity contribution in [3.05, 3.63) is 54.6 Å². The molecular formula is C21H23N3O2. The van der Waals surface area contributed by atoms with Crippen molar-refractivity contribution in [2.45, 2.75) is 18.9 Å². The van der Waals surface area contributed by atoms with Crippen LogP contribution < -0.4 is 5.32 Å². The molecule has 5 nitrogen and oxygen atoms in total. The molecule has 1 fully saturated rings. The summed E-state index contributed by atoms with van der Waals surface area (Å²) in [5.74, 6) is 1.57. The summed E-state index contributed by atoms with van der Waals surface area (Å²) in [6.07, 6.45) is 2.51. The van der Waals surface area contributed by atoms with E-state index in [4.69, 9.17) is 19.4 Å². The van der Waals surface area contributed by atoms with E-state index in [1.807, 2.05) is 54.6 Å². The molecule has 2 heterocycles. The zero-order chi connectivity index (χ0) is 17.6. The summed E-state index contributed by atoms with van der Waals surface area (Å²) in [6, 6.07) is 18.1. The number of nitrogens with one attached hydrogen (secondary N) is 1. The average molecular weight is 349 g/mol. The Morgan fingerprint density at radius 1 is 1.04 bits per heavy atom. The van der Waals surface area contributed by atoms with Gasteiger partial charge in [0.05, 0.1) is 24.8 Å². The maximum absolute atomic E-state index is 5.74. The fourth-order valence-electron chi connectivity index (χ4n) is 3.16. The van der Waals surface area contributed by atoms with Crippen molar-refractivity contribution in [2.24, 2.45) is 0 Å². The van der Waals surface area contributed by atoms with E-state index in [-0.39, 0.29) is 6.10 Å². The number of anilines is 1. The van der Waals surface area contributed by atoms with Gasteiger partial charge < -0.3 is 14.8 Å². The Morgan fingerprint density at radius 3 is 2.73 bits per heavy atom. The largest absolute Gasteiger partial charge is 0.377 e. The number of rotatable bonds is 7. The molecule has 0 radical (unpaired) electrons. The van der Waals surface area contributed by atoms with E-state index in [9.17, 15) is 0 Å². The van der Waals surface area contributed by atoms with Gasteiger partial charge in [-0.15, -0.1) is 0 Å². The van der Waals surface area contributed by atoms with E-state index >= 15 is 0 Å². The molecule has 1 saturated heterocycles. The van der Waals surface area contributed by atoms with Crippen LogP contribution in [-0.4, -0.2) is 42.4 Å². The Hall–Kier alpha value is -2.50. The Morgan fingerprint density at radius 2 is 1.88 bits per heavy atom. The van der Waals surface area contributed by atoms with Crippen LogP contribution in [0.15, 0.2) is 54.6 Å². The second-order valence-electron chi connectivity index (χ2n) is 6.42. The maximum atomic E-state index is 5.74. The van der Waals surface area contributed by atoms with Crippen molar-refractivity contribution >= 4 is 16.7 Å². The van der Waals surface area contributed by atoms with Gasteiger partial charge in [-0.1, -0.05) is 42.5 Å². The second-order valence-corrected chi connectivity index (χ2v) is 6.42. The van der Waals surface area contributed by atoms with Gasteiger partial charge in [0, 0.05) is 24.1 Å². The average Bonchev–Trinajstić information content (AvgIpc) is 3.21. The van der Waals surface area contributed by atoms with Crippen molar-refractivity contribution in [1.82, 2.24) is 9.97 Å². The molecule has 134 valence electrons. The predicted octanol–water partition coefficient (Wildman–Crippen LogP) is 3.90. The normalized spacial score (nSPS) is 16.8. The first-order chi connectivity index (χ1) is 12.9. The maximum Gasteiger partial charge on any atom is 0.162 e. The molecule has 0 amide bonds. The number of aromatic nitrogens is 2. The van der Waals surface area contributed by atoms with Crippen LogP contribution in [0.1, 0.15) is 12.8 Å². The van der Waals surface area contributed by atoms with Crippen LogP contribution in [0.4, 0.5) is 5.82 Å². The number of hydrogen-bond donors (Lipinski definition) is 1. The molecule has 4 rings (SSSR count). The number of para-hydroxylation sites is 1. The molecule has 3 aromatic rings. The first-order valence-corrected chi connectivity index (χ1v) is 9.15. The minimum absolute atomic E-state index is 0.263. The quantitative estimate of drug-likeness (QED) is 0.656. The first kappa shape index (κ1) is 16.9. The van der Waals surface area contributed by atoms with Crippen LogP contribution in [-0.2, 0) is 9.47 Å². The summed E-state index contributed by atoms with van der Waals surface area (Å²) < 4.78 is 11.3. The molecule has 0 spiro atoms. The van der Waals surface area contributed by atoms with Gasteiger partial charge in [-0.05, 0) is 25.0 Å². The van der Waals surface area contributed by atoms with Crippen LogP contribution in [0.25, 0.3) is 22.3 Å². The van der Waals surface area contributed by atoms with Crippen molar-refractivity contribution in [1.29, 1.82) is 0 Å². The van der Waals surface area contributed by atoms with Gasteiger partial charge in [0.15, 0.2) is 5.82 Å². The van der Waals surface area contributed by atoms with Gasteiger partial charge in [0.25, 0.3) is 0 Å². The molecule has 0 aliphatic carbocycles. The zero-order valence-corrected chi connectivity index (χ0v) is 14.7. The van der Waals surface area contributed by atoms with E-state index in [0.29, 0.717) is 19.8 Å². The lowest BCUT2D eigenvalue weighted by Crippen LogP contribution is -2.18. The lowest BCUT2D eigenvalue weighted by Gasteiger charge is -2.13. The number of fused-ring (bicyclic) bond motifs is 1. The highest BCUT2D eigenvalue weighted by Crippen LogP contribution is 2.24. The third-order valence-electron chi connectivity index (χ3n) is 4.50. The Kier molecular flexibility index (Phi) is 5.38. The fourth-order valence-corrected chi connectivity index (χ4v) is 3.16. The van der Waals surface area contributed by atoms with Crippen LogP contribution in [0, 0.1) is 0 Å². The fraction of sp³-hybridized carbons (Fsp3) is 0.333. The molecule has 2 aromatic carbocycles. The van der Waals surface area contributed by atoms with E-state index in [2.05, 4.69) is 5.32 Å². The third kappa shape index (κ3) is 4.00. The van der Waals surface area contributed by atoms with E-state index < -0.39 is 0 Å². The topological polar surface area (TPSA) is 56.3 Å². The van der Waals surface area contributed by atoms with Crippen LogP contribution in [0.5, 0.6) is 0 Å². The molecule has 1 aliphatic heterocycles. The van der Waals surface area contributed by atoms with Gasteiger partial charge in [-0.3, -0.25) is 0 Å². The smallest absolute Gasteiger partial charge is 0.162 e. The van der Waals surface area contributed by atoms with Crippen molar-refractivity contribution in [3.8, 4) is 11.4 Å². The summed E-state index contributed by atoms with van der Waals surface area (Å²) in [5.41, 5.74) is 1.94.